The van der Waals surface area contributed by atoms with E-state index >= 15 is 0 Å². The molecule has 0 bridgehead atoms. The molecule has 0 atom stereocenters. The van der Waals surface area contributed by atoms with Crippen LogP contribution >= 0.6 is 11.3 Å². The number of furan rings is 1. The highest BCUT2D eigenvalue weighted by molar-refractivity contribution is 7.25. The second kappa shape index (κ2) is 11.7. The summed E-state index contributed by atoms with van der Waals surface area (Å²) in [5.74, 6) is 0. The van der Waals surface area contributed by atoms with Crippen LogP contribution in [0.15, 0.2) is 187 Å². The van der Waals surface area contributed by atoms with Crippen LogP contribution < -0.4 is 4.90 Å². The van der Waals surface area contributed by atoms with Gasteiger partial charge >= 0.3 is 0 Å². The van der Waals surface area contributed by atoms with Gasteiger partial charge in [0.2, 0.25) is 0 Å². The summed E-state index contributed by atoms with van der Waals surface area (Å²) >= 11 is 1.87. The summed E-state index contributed by atoms with van der Waals surface area (Å²) in [5, 5.41) is 7.40. The molecule has 53 heavy (non-hydrogen) atoms. The van der Waals surface area contributed by atoms with Gasteiger partial charge in [-0.05, 0) is 89.5 Å². The van der Waals surface area contributed by atoms with Crippen molar-refractivity contribution in [3.05, 3.63) is 193 Å². The van der Waals surface area contributed by atoms with Crippen molar-refractivity contribution in [1.82, 2.24) is 4.57 Å². The average Bonchev–Trinajstić information content (AvgIpc) is 3.95. The largest absolute Gasteiger partial charge is 0.456 e. The van der Waals surface area contributed by atoms with Crippen LogP contribution in [0.1, 0.15) is 11.1 Å². The summed E-state index contributed by atoms with van der Waals surface area (Å²) in [6.45, 7) is 4.29. The van der Waals surface area contributed by atoms with Gasteiger partial charge in [0.25, 0.3) is 0 Å². The number of aromatic nitrogens is 1. The highest BCUT2D eigenvalue weighted by atomic mass is 32.1. The number of benzene rings is 7. The Morgan fingerprint density at radius 3 is 2.15 bits per heavy atom. The van der Waals surface area contributed by atoms with Crippen LogP contribution in [0.2, 0.25) is 0 Å². The molecule has 3 aromatic heterocycles. The summed E-state index contributed by atoms with van der Waals surface area (Å²) in [7, 11) is 0. The van der Waals surface area contributed by atoms with E-state index in [0.717, 1.165) is 50.9 Å². The van der Waals surface area contributed by atoms with Crippen molar-refractivity contribution in [2.75, 3.05) is 4.90 Å². The Morgan fingerprint density at radius 2 is 1.32 bits per heavy atom. The zero-order chi connectivity index (χ0) is 35.0. The standard InChI is InChI=1S/C49H32N2OS/c1-2-31(21-23-36-25-33-27-47-41(38-17-9-11-19-46(38)52-47)28-43(33)50(36)34-13-5-3-6-14-34)32-22-24-37-40-30-49-42(39-18-10-12-20-48(39)53-49)29-45(40)51(44(37)26-32)35-15-7-4-8-16-35/h2-24,26-30H,1,25H2/b31-21+,36-23+. The maximum Gasteiger partial charge on any atom is 0.135 e. The van der Waals surface area contributed by atoms with Crippen molar-refractivity contribution < 1.29 is 4.42 Å². The number of fused-ring (bicyclic) bond motifs is 10. The highest BCUT2D eigenvalue weighted by Crippen LogP contribution is 2.45. The van der Waals surface area contributed by atoms with Crippen LogP contribution in [0, 0.1) is 0 Å². The third-order valence-corrected chi connectivity index (χ3v) is 11.9. The molecular formula is C49H32N2OS. The van der Waals surface area contributed by atoms with Crippen LogP contribution in [0.4, 0.5) is 11.4 Å². The average molecular weight is 697 g/mol. The van der Waals surface area contributed by atoms with Gasteiger partial charge in [0.15, 0.2) is 0 Å². The first-order valence-electron chi connectivity index (χ1n) is 18.0. The van der Waals surface area contributed by atoms with Crippen LogP contribution in [-0.2, 0) is 6.42 Å². The number of allylic oxidation sites excluding steroid dienone is 5. The minimum atomic E-state index is 0.797. The molecule has 3 nitrogen and oxygen atoms in total. The normalized spacial score (nSPS) is 14.2. The minimum absolute atomic E-state index is 0.797. The van der Waals surface area contributed by atoms with Gasteiger partial charge in [-0.1, -0.05) is 104 Å². The molecule has 250 valence electrons. The maximum absolute atomic E-state index is 6.30. The van der Waals surface area contributed by atoms with Gasteiger partial charge in [-0.25, -0.2) is 0 Å². The smallest absolute Gasteiger partial charge is 0.135 e. The number of hydrogen-bond acceptors (Lipinski definition) is 3. The van der Waals surface area contributed by atoms with Gasteiger partial charge < -0.3 is 13.9 Å². The molecule has 0 spiro atoms. The van der Waals surface area contributed by atoms with E-state index in [1.54, 1.807) is 0 Å². The summed E-state index contributed by atoms with van der Waals surface area (Å²) in [6, 6.07) is 54.6. The Bertz CT molecular complexity index is 3160. The molecule has 10 aromatic rings. The van der Waals surface area contributed by atoms with Gasteiger partial charge in [-0.2, -0.15) is 0 Å². The van der Waals surface area contributed by atoms with Crippen molar-refractivity contribution in [2.45, 2.75) is 6.42 Å². The number of nitrogens with zero attached hydrogens (tertiary/aromatic N) is 2. The molecule has 0 saturated carbocycles. The molecule has 4 heterocycles. The SMILES string of the molecule is C=C/C(=C\C=C1/Cc2cc3oc4ccccc4c3cc2N1c1ccccc1)c1ccc2c3cc4sc5ccccc5c4cc3n(-c3ccccc3)c2c1. The highest BCUT2D eigenvalue weighted by Gasteiger charge is 2.27. The van der Waals surface area contributed by atoms with E-state index in [0.29, 0.717) is 0 Å². The molecule has 1 aliphatic rings. The van der Waals surface area contributed by atoms with Crippen molar-refractivity contribution >= 4 is 92.2 Å². The first-order valence-corrected chi connectivity index (χ1v) is 18.8. The monoisotopic (exact) mass is 696 g/mol. The third kappa shape index (κ3) is 4.66. The molecule has 0 unspecified atom stereocenters. The third-order valence-electron chi connectivity index (χ3n) is 10.8. The number of rotatable bonds is 5. The number of hydrogen-bond donors (Lipinski definition) is 0. The fraction of sp³-hybridized carbons (Fsp3) is 0.0204. The molecule has 0 amide bonds. The molecular weight excluding hydrogens is 665 g/mol. The molecule has 7 aromatic carbocycles. The summed E-state index contributed by atoms with van der Waals surface area (Å²) in [4.78, 5) is 2.39. The zero-order valence-electron chi connectivity index (χ0n) is 28.8. The van der Waals surface area contributed by atoms with E-state index in [-0.39, 0.29) is 0 Å². The number of anilines is 2. The van der Waals surface area contributed by atoms with E-state index in [1.165, 1.54) is 58.9 Å². The van der Waals surface area contributed by atoms with E-state index in [4.69, 9.17) is 4.42 Å². The van der Waals surface area contributed by atoms with Crippen molar-refractivity contribution in [3.63, 3.8) is 0 Å². The molecule has 4 heteroatoms. The van der Waals surface area contributed by atoms with Crippen molar-refractivity contribution in [2.24, 2.45) is 0 Å². The summed E-state index contributed by atoms with van der Waals surface area (Å²) < 4.78 is 11.4. The molecule has 1 aliphatic heterocycles. The predicted octanol–water partition coefficient (Wildman–Crippen LogP) is 13.9. The van der Waals surface area contributed by atoms with Crippen molar-refractivity contribution in [1.29, 1.82) is 0 Å². The second-order valence-corrected chi connectivity index (χ2v) is 14.9. The summed E-state index contributed by atoms with van der Waals surface area (Å²) in [5.41, 5.74) is 12.4. The Hall–Kier alpha value is -6.62. The first-order chi connectivity index (χ1) is 26.2. The molecule has 11 rings (SSSR count). The van der Waals surface area contributed by atoms with Crippen molar-refractivity contribution in [3.8, 4) is 5.69 Å². The predicted molar refractivity (Wildman–Crippen MR) is 226 cm³/mol. The van der Waals surface area contributed by atoms with E-state index in [2.05, 4.69) is 168 Å². The Morgan fingerprint density at radius 1 is 0.585 bits per heavy atom. The molecule has 0 N–H and O–H groups in total. The number of para-hydroxylation sites is 3. The lowest BCUT2D eigenvalue weighted by molar-refractivity contribution is 0.668. The van der Waals surface area contributed by atoms with Gasteiger partial charge in [0, 0.05) is 65.2 Å². The lowest BCUT2D eigenvalue weighted by Gasteiger charge is -2.21. The Kier molecular flexibility index (Phi) is 6.64. The lowest BCUT2D eigenvalue weighted by atomic mass is 10.0. The fourth-order valence-electron chi connectivity index (χ4n) is 8.33. The first kappa shape index (κ1) is 30.0. The lowest BCUT2D eigenvalue weighted by Crippen LogP contribution is -2.11. The van der Waals surface area contributed by atoms with E-state index in [1.807, 2.05) is 29.5 Å². The minimum Gasteiger partial charge on any atom is -0.456 e. The van der Waals surface area contributed by atoms with Gasteiger partial charge in [-0.15, -0.1) is 11.3 Å². The van der Waals surface area contributed by atoms with Crippen LogP contribution in [0.5, 0.6) is 0 Å². The van der Waals surface area contributed by atoms with E-state index < -0.39 is 0 Å². The Balaban J connectivity index is 1.07. The molecule has 0 fully saturated rings. The van der Waals surface area contributed by atoms with Crippen LogP contribution in [0.25, 0.3) is 75.2 Å². The van der Waals surface area contributed by atoms with E-state index in [9.17, 15) is 0 Å². The van der Waals surface area contributed by atoms with Crippen LogP contribution in [0.3, 0.4) is 0 Å². The van der Waals surface area contributed by atoms with Gasteiger partial charge in [0.1, 0.15) is 11.2 Å². The van der Waals surface area contributed by atoms with Gasteiger partial charge in [0.05, 0.1) is 16.7 Å². The van der Waals surface area contributed by atoms with Crippen LogP contribution in [-0.4, -0.2) is 4.57 Å². The summed E-state index contributed by atoms with van der Waals surface area (Å²) in [6.07, 6.45) is 7.26. The fourth-order valence-corrected chi connectivity index (χ4v) is 9.46. The zero-order valence-corrected chi connectivity index (χ0v) is 29.6. The Labute approximate surface area is 310 Å². The maximum atomic E-state index is 6.30. The van der Waals surface area contributed by atoms with Gasteiger partial charge in [-0.3, -0.25) is 0 Å². The molecule has 0 aliphatic carbocycles. The molecule has 0 saturated heterocycles. The second-order valence-electron chi connectivity index (χ2n) is 13.8. The quantitative estimate of drug-likeness (QED) is 0.167. The topological polar surface area (TPSA) is 21.3 Å². The molecule has 0 radical (unpaired) electrons. The number of thiophene rings is 1.